The molecule has 0 spiro atoms. The van der Waals surface area contributed by atoms with Gasteiger partial charge in [0, 0.05) is 4.47 Å². The van der Waals surface area contributed by atoms with Crippen LogP contribution in [0.25, 0.3) is 0 Å². The van der Waals surface area contributed by atoms with E-state index >= 15 is 0 Å². The Morgan fingerprint density at radius 2 is 2.18 bits per heavy atom. The molecule has 2 rings (SSSR count). The fourth-order valence-corrected chi connectivity index (χ4v) is 3.02. The van der Waals surface area contributed by atoms with Crippen LogP contribution in [0.1, 0.15) is 0 Å². The molecule has 1 amide bonds. The maximum Gasteiger partial charge on any atom is 0.326 e. The number of carbonyl (C=O) groups excluding carboxylic acids is 1. The number of ether oxygens (including phenoxy) is 1. The molecule has 6 nitrogen and oxygen atoms in total. The third kappa shape index (κ3) is 2.22. The standard InChI is InChI=1S/C9H9BrN2O4S/c1-16-8-3-2-6(10)4-7(8)12-5-9(13)11-17(12,14)15/h2-4H,5H2,1H3,(H,11,13). The summed E-state index contributed by atoms with van der Waals surface area (Å²) in [6.07, 6.45) is 0. The molecular formula is C9H9BrN2O4S. The van der Waals surface area contributed by atoms with Crippen molar-refractivity contribution in [2.75, 3.05) is 18.0 Å². The molecule has 1 heterocycles. The summed E-state index contributed by atoms with van der Waals surface area (Å²) < 4.78 is 32.0. The van der Waals surface area contributed by atoms with Crippen molar-refractivity contribution in [1.29, 1.82) is 0 Å². The van der Waals surface area contributed by atoms with Crippen LogP contribution in [0, 0.1) is 0 Å². The summed E-state index contributed by atoms with van der Waals surface area (Å²) in [6.45, 7) is -0.241. The highest BCUT2D eigenvalue weighted by molar-refractivity contribution is 9.10. The van der Waals surface area contributed by atoms with Gasteiger partial charge in [-0.25, -0.2) is 9.03 Å². The molecule has 1 fully saturated rings. The van der Waals surface area contributed by atoms with Gasteiger partial charge in [0.15, 0.2) is 0 Å². The third-order valence-electron chi connectivity index (χ3n) is 2.23. The number of amides is 1. The first-order chi connectivity index (χ1) is 7.94. The Kier molecular flexibility index (Phi) is 3.00. The lowest BCUT2D eigenvalue weighted by Gasteiger charge is -2.17. The second-order valence-corrected chi connectivity index (χ2v) is 5.86. The molecule has 1 N–H and O–H groups in total. The highest BCUT2D eigenvalue weighted by Crippen LogP contribution is 2.33. The Hall–Kier alpha value is -1.28. The maximum absolute atomic E-state index is 11.7. The van der Waals surface area contributed by atoms with Crippen molar-refractivity contribution < 1.29 is 17.9 Å². The number of rotatable bonds is 2. The van der Waals surface area contributed by atoms with E-state index in [1.165, 1.54) is 7.11 Å². The van der Waals surface area contributed by atoms with E-state index in [9.17, 15) is 13.2 Å². The molecule has 0 aliphatic carbocycles. The van der Waals surface area contributed by atoms with Gasteiger partial charge in [0.1, 0.15) is 12.3 Å². The van der Waals surface area contributed by atoms with Crippen LogP contribution in [0.2, 0.25) is 0 Å². The van der Waals surface area contributed by atoms with Crippen molar-refractivity contribution in [2.24, 2.45) is 0 Å². The smallest absolute Gasteiger partial charge is 0.326 e. The Morgan fingerprint density at radius 3 is 2.71 bits per heavy atom. The number of halogens is 1. The lowest BCUT2D eigenvalue weighted by Crippen LogP contribution is -2.29. The molecule has 17 heavy (non-hydrogen) atoms. The molecule has 1 aromatic carbocycles. The number of methoxy groups -OCH3 is 1. The van der Waals surface area contributed by atoms with Crippen LogP contribution in [0.4, 0.5) is 5.69 Å². The zero-order valence-electron chi connectivity index (χ0n) is 8.81. The molecule has 0 saturated carbocycles. The van der Waals surface area contributed by atoms with E-state index in [-0.39, 0.29) is 6.54 Å². The van der Waals surface area contributed by atoms with E-state index in [1.807, 2.05) is 4.72 Å². The van der Waals surface area contributed by atoms with E-state index in [0.29, 0.717) is 15.9 Å². The van der Waals surface area contributed by atoms with Gasteiger partial charge in [0.2, 0.25) is 0 Å². The summed E-state index contributed by atoms with van der Waals surface area (Å²) in [5, 5.41) is 0. The summed E-state index contributed by atoms with van der Waals surface area (Å²) in [5.41, 5.74) is 0.320. The van der Waals surface area contributed by atoms with Gasteiger partial charge in [-0.15, -0.1) is 0 Å². The van der Waals surface area contributed by atoms with Crippen LogP contribution in [-0.2, 0) is 15.0 Å². The van der Waals surface area contributed by atoms with Gasteiger partial charge in [-0.1, -0.05) is 15.9 Å². The average Bonchev–Trinajstić information content (AvgIpc) is 2.51. The van der Waals surface area contributed by atoms with Crippen molar-refractivity contribution >= 4 is 37.7 Å². The van der Waals surface area contributed by atoms with Gasteiger partial charge >= 0.3 is 10.2 Å². The molecule has 1 aromatic rings. The zero-order valence-corrected chi connectivity index (χ0v) is 11.2. The average molecular weight is 321 g/mol. The van der Waals surface area contributed by atoms with Gasteiger partial charge in [0.25, 0.3) is 5.91 Å². The highest BCUT2D eigenvalue weighted by atomic mass is 79.9. The number of carbonyl (C=O) groups is 1. The predicted octanol–water partition coefficient (Wildman–Crippen LogP) is 0.639. The van der Waals surface area contributed by atoms with Crippen molar-refractivity contribution in [3.05, 3.63) is 22.7 Å². The molecule has 8 heteroatoms. The van der Waals surface area contributed by atoms with Crippen molar-refractivity contribution in [3.63, 3.8) is 0 Å². The fourth-order valence-electron chi connectivity index (χ4n) is 1.52. The van der Waals surface area contributed by atoms with E-state index in [0.717, 1.165) is 4.31 Å². The van der Waals surface area contributed by atoms with Gasteiger partial charge in [0.05, 0.1) is 12.8 Å². The zero-order chi connectivity index (χ0) is 12.6. The first-order valence-corrected chi connectivity index (χ1v) is 6.84. The van der Waals surface area contributed by atoms with Crippen LogP contribution in [0.5, 0.6) is 5.75 Å². The SMILES string of the molecule is COc1ccc(Br)cc1N1CC(=O)NS1(=O)=O. The maximum atomic E-state index is 11.7. The molecule has 1 aliphatic heterocycles. The monoisotopic (exact) mass is 320 g/mol. The van der Waals surface area contributed by atoms with Crippen LogP contribution >= 0.6 is 15.9 Å². The molecule has 0 unspecified atom stereocenters. The van der Waals surface area contributed by atoms with E-state index < -0.39 is 16.1 Å². The minimum Gasteiger partial charge on any atom is -0.495 e. The Balaban J connectivity index is 2.54. The molecular weight excluding hydrogens is 312 g/mol. The number of anilines is 1. The van der Waals surface area contributed by atoms with Gasteiger partial charge in [-0.2, -0.15) is 8.42 Å². The predicted molar refractivity (Wildman–Crippen MR) is 65.1 cm³/mol. The molecule has 92 valence electrons. The highest BCUT2D eigenvalue weighted by Gasteiger charge is 2.35. The topological polar surface area (TPSA) is 75.7 Å². The number of hydrogen-bond donors (Lipinski definition) is 1. The minimum atomic E-state index is -3.81. The lowest BCUT2D eigenvalue weighted by molar-refractivity contribution is -0.117. The number of benzene rings is 1. The van der Waals surface area contributed by atoms with E-state index in [2.05, 4.69) is 15.9 Å². The second kappa shape index (κ2) is 4.19. The Bertz CT molecular complexity index is 572. The van der Waals surface area contributed by atoms with Crippen molar-refractivity contribution in [3.8, 4) is 5.75 Å². The second-order valence-electron chi connectivity index (χ2n) is 3.35. The summed E-state index contributed by atoms with van der Waals surface area (Å²) in [5.74, 6) is -0.180. The molecule has 0 atom stereocenters. The van der Waals surface area contributed by atoms with Crippen molar-refractivity contribution in [1.82, 2.24) is 4.72 Å². The minimum absolute atomic E-state index is 0.241. The quantitative estimate of drug-likeness (QED) is 0.867. The molecule has 0 bridgehead atoms. The normalized spacial score (nSPS) is 18.0. The first-order valence-electron chi connectivity index (χ1n) is 4.61. The first kappa shape index (κ1) is 12.2. The number of nitrogens with one attached hydrogen (secondary N) is 1. The molecule has 0 radical (unpaired) electrons. The summed E-state index contributed by atoms with van der Waals surface area (Å²) >= 11 is 3.24. The lowest BCUT2D eigenvalue weighted by atomic mass is 10.3. The van der Waals surface area contributed by atoms with Crippen LogP contribution < -0.4 is 13.8 Å². The Labute approximate surface area is 107 Å². The van der Waals surface area contributed by atoms with Crippen LogP contribution in [-0.4, -0.2) is 28.0 Å². The van der Waals surface area contributed by atoms with Gasteiger partial charge < -0.3 is 4.74 Å². The largest absolute Gasteiger partial charge is 0.495 e. The van der Waals surface area contributed by atoms with Crippen LogP contribution in [0.15, 0.2) is 22.7 Å². The molecule has 1 aliphatic rings. The molecule has 0 aromatic heterocycles. The van der Waals surface area contributed by atoms with Gasteiger partial charge in [-0.05, 0) is 18.2 Å². The van der Waals surface area contributed by atoms with Gasteiger partial charge in [-0.3, -0.25) is 4.79 Å². The van der Waals surface area contributed by atoms with Crippen molar-refractivity contribution in [2.45, 2.75) is 0 Å². The number of nitrogens with zero attached hydrogens (tertiary/aromatic N) is 1. The Morgan fingerprint density at radius 1 is 1.47 bits per heavy atom. The molecule has 1 saturated heterocycles. The third-order valence-corrected chi connectivity index (χ3v) is 4.11. The van der Waals surface area contributed by atoms with Crippen LogP contribution in [0.3, 0.4) is 0 Å². The van der Waals surface area contributed by atoms with E-state index in [4.69, 9.17) is 4.74 Å². The van der Waals surface area contributed by atoms with E-state index in [1.54, 1.807) is 18.2 Å². The fraction of sp³-hybridized carbons (Fsp3) is 0.222. The number of hydrogen-bond acceptors (Lipinski definition) is 4. The summed E-state index contributed by atoms with van der Waals surface area (Å²) in [7, 11) is -2.37. The summed E-state index contributed by atoms with van der Waals surface area (Å²) in [6, 6.07) is 4.93. The summed E-state index contributed by atoms with van der Waals surface area (Å²) in [4.78, 5) is 11.1.